The SMILES string of the molecule is CCNC(=NCC(c1ccccc1OC)N1CCCCC1)NCCCOCCOC. The molecule has 1 atom stereocenters. The lowest BCUT2D eigenvalue weighted by Crippen LogP contribution is -2.40. The quantitative estimate of drug-likeness (QED) is 0.291. The Morgan fingerprint density at radius 1 is 1.07 bits per heavy atom. The van der Waals surface area contributed by atoms with E-state index in [1.54, 1.807) is 14.2 Å². The van der Waals surface area contributed by atoms with Crippen molar-refractivity contribution in [2.45, 2.75) is 38.6 Å². The van der Waals surface area contributed by atoms with Crippen molar-refractivity contribution in [3.8, 4) is 5.75 Å². The molecule has 2 rings (SSSR count). The number of rotatable bonds is 13. The lowest BCUT2D eigenvalue weighted by Gasteiger charge is -2.34. The highest BCUT2D eigenvalue weighted by molar-refractivity contribution is 5.79. The van der Waals surface area contributed by atoms with Gasteiger partial charge in [0.15, 0.2) is 5.96 Å². The number of likely N-dealkylation sites (tertiary alicyclic amines) is 1. The maximum absolute atomic E-state index is 5.66. The summed E-state index contributed by atoms with van der Waals surface area (Å²) in [5.41, 5.74) is 1.22. The molecule has 0 saturated carbocycles. The predicted octanol–water partition coefficient (Wildman–Crippen LogP) is 2.83. The second-order valence-corrected chi connectivity index (χ2v) is 7.46. The predicted molar refractivity (Wildman–Crippen MR) is 122 cm³/mol. The first kappa shape index (κ1) is 24.4. The topological polar surface area (TPSA) is 67.4 Å². The van der Waals surface area contributed by atoms with E-state index < -0.39 is 0 Å². The van der Waals surface area contributed by atoms with Crippen LogP contribution in [0.25, 0.3) is 0 Å². The van der Waals surface area contributed by atoms with E-state index in [2.05, 4.69) is 34.6 Å². The molecule has 7 heteroatoms. The van der Waals surface area contributed by atoms with Crippen LogP contribution in [0.4, 0.5) is 0 Å². The Morgan fingerprint density at radius 2 is 1.87 bits per heavy atom. The highest BCUT2D eigenvalue weighted by Crippen LogP contribution is 2.31. The highest BCUT2D eigenvalue weighted by atomic mass is 16.5. The van der Waals surface area contributed by atoms with Crippen molar-refractivity contribution in [1.82, 2.24) is 15.5 Å². The second kappa shape index (κ2) is 15.0. The van der Waals surface area contributed by atoms with Crippen LogP contribution in [0.15, 0.2) is 29.3 Å². The Bertz CT molecular complexity index is 606. The molecule has 1 aliphatic rings. The fourth-order valence-corrected chi connectivity index (χ4v) is 3.73. The molecule has 1 fully saturated rings. The first-order chi connectivity index (χ1) is 14.8. The standard InChI is InChI=1S/C23H40N4O3/c1-4-24-23(25-13-10-16-30-18-17-28-2)26-19-21(27-14-8-5-9-15-27)20-11-6-7-12-22(20)29-3/h6-7,11-12,21H,4-5,8-10,13-19H2,1-3H3,(H2,24,25,26). The zero-order valence-corrected chi connectivity index (χ0v) is 19.0. The summed E-state index contributed by atoms with van der Waals surface area (Å²) in [5.74, 6) is 1.79. The van der Waals surface area contributed by atoms with Crippen LogP contribution in [0.2, 0.25) is 0 Å². The molecule has 7 nitrogen and oxygen atoms in total. The first-order valence-corrected chi connectivity index (χ1v) is 11.3. The van der Waals surface area contributed by atoms with Crippen LogP contribution >= 0.6 is 0 Å². The molecular weight excluding hydrogens is 380 g/mol. The molecule has 0 aliphatic carbocycles. The highest BCUT2D eigenvalue weighted by Gasteiger charge is 2.24. The number of methoxy groups -OCH3 is 2. The van der Waals surface area contributed by atoms with Gasteiger partial charge in [0.25, 0.3) is 0 Å². The lowest BCUT2D eigenvalue weighted by atomic mass is 10.0. The number of nitrogens with one attached hydrogen (secondary N) is 2. The van der Waals surface area contributed by atoms with Gasteiger partial charge in [-0.2, -0.15) is 0 Å². The Morgan fingerprint density at radius 3 is 2.60 bits per heavy atom. The Labute approximate surface area is 182 Å². The molecule has 0 bridgehead atoms. The summed E-state index contributed by atoms with van der Waals surface area (Å²) in [6.45, 7) is 8.66. The van der Waals surface area contributed by atoms with Crippen LogP contribution < -0.4 is 15.4 Å². The molecule has 2 N–H and O–H groups in total. The fourth-order valence-electron chi connectivity index (χ4n) is 3.73. The molecule has 1 unspecified atom stereocenters. The number of aliphatic imine (C=N–C) groups is 1. The van der Waals surface area contributed by atoms with Crippen molar-refractivity contribution >= 4 is 5.96 Å². The Hall–Kier alpha value is -1.83. The zero-order chi connectivity index (χ0) is 21.4. The van der Waals surface area contributed by atoms with Gasteiger partial charge in [0, 0.05) is 32.4 Å². The smallest absolute Gasteiger partial charge is 0.191 e. The largest absolute Gasteiger partial charge is 0.496 e. The third-order valence-electron chi connectivity index (χ3n) is 5.29. The summed E-state index contributed by atoms with van der Waals surface area (Å²) in [6, 6.07) is 8.55. The summed E-state index contributed by atoms with van der Waals surface area (Å²) in [4.78, 5) is 7.48. The van der Waals surface area contributed by atoms with E-state index in [4.69, 9.17) is 19.2 Å². The van der Waals surface area contributed by atoms with E-state index in [9.17, 15) is 0 Å². The summed E-state index contributed by atoms with van der Waals surface area (Å²) in [5, 5.41) is 6.79. The molecule has 1 aromatic rings. The molecule has 1 aromatic carbocycles. The van der Waals surface area contributed by atoms with Crippen molar-refractivity contribution in [2.24, 2.45) is 4.99 Å². The number of hydrogen-bond donors (Lipinski definition) is 2. The third-order valence-corrected chi connectivity index (χ3v) is 5.29. The monoisotopic (exact) mass is 420 g/mol. The van der Waals surface area contributed by atoms with Gasteiger partial charge < -0.3 is 24.8 Å². The van der Waals surface area contributed by atoms with Crippen molar-refractivity contribution in [3.63, 3.8) is 0 Å². The van der Waals surface area contributed by atoms with Gasteiger partial charge in [-0.15, -0.1) is 0 Å². The lowest BCUT2D eigenvalue weighted by molar-refractivity contribution is 0.0698. The Kier molecular flexibility index (Phi) is 12.3. The molecule has 0 radical (unpaired) electrons. The van der Waals surface area contributed by atoms with E-state index in [0.717, 1.165) is 44.3 Å². The van der Waals surface area contributed by atoms with Gasteiger partial charge in [0.1, 0.15) is 5.75 Å². The van der Waals surface area contributed by atoms with Crippen LogP contribution in [0.5, 0.6) is 5.75 Å². The van der Waals surface area contributed by atoms with Crippen molar-refractivity contribution in [1.29, 1.82) is 0 Å². The number of benzene rings is 1. The average Bonchev–Trinajstić information content (AvgIpc) is 2.79. The third kappa shape index (κ3) is 8.50. The summed E-state index contributed by atoms with van der Waals surface area (Å²) < 4.78 is 16.2. The van der Waals surface area contributed by atoms with Gasteiger partial charge in [-0.05, 0) is 45.3 Å². The molecule has 0 spiro atoms. The van der Waals surface area contributed by atoms with Crippen LogP contribution in [-0.2, 0) is 9.47 Å². The molecule has 30 heavy (non-hydrogen) atoms. The minimum atomic E-state index is 0.217. The van der Waals surface area contributed by atoms with E-state index in [1.807, 2.05) is 12.1 Å². The number of hydrogen-bond acceptors (Lipinski definition) is 5. The van der Waals surface area contributed by atoms with E-state index in [0.29, 0.717) is 26.4 Å². The Balaban J connectivity index is 1.99. The van der Waals surface area contributed by atoms with Gasteiger partial charge in [-0.1, -0.05) is 24.6 Å². The van der Waals surface area contributed by atoms with Gasteiger partial charge in [0.2, 0.25) is 0 Å². The summed E-state index contributed by atoms with van der Waals surface area (Å²) in [6.07, 6.45) is 4.73. The van der Waals surface area contributed by atoms with Crippen molar-refractivity contribution in [3.05, 3.63) is 29.8 Å². The molecule has 1 saturated heterocycles. The van der Waals surface area contributed by atoms with Crippen LogP contribution in [-0.4, -0.2) is 77.6 Å². The van der Waals surface area contributed by atoms with E-state index in [-0.39, 0.29) is 6.04 Å². The number of guanidine groups is 1. The fraction of sp³-hybridized carbons (Fsp3) is 0.696. The maximum Gasteiger partial charge on any atom is 0.191 e. The first-order valence-electron chi connectivity index (χ1n) is 11.3. The van der Waals surface area contributed by atoms with Crippen LogP contribution in [0, 0.1) is 0 Å². The average molecular weight is 421 g/mol. The van der Waals surface area contributed by atoms with E-state index >= 15 is 0 Å². The minimum absolute atomic E-state index is 0.217. The molecular formula is C23H40N4O3. The molecule has 170 valence electrons. The van der Waals surface area contributed by atoms with E-state index in [1.165, 1.54) is 24.8 Å². The number of ether oxygens (including phenoxy) is 3. The second-order valence-electron chi connectivity index (χ2n) is 7.46. The molecule has 0 amide bonds. The minimum Gasteiger partial charge on any atom is -0.496 e. The zero-order valence-electron chi connectivity index (χ0n) is 19.0. The normalized spacial score (nSPS) is 16.3. The van der Waals surface area contributed by atoms with Crippen LogP contribution in [0.1, 0.15) is 44.2 Å². The van der Waals surface area contributed by atoms with Crippen molar-refractivity contribution < 1.29 is 14.2 Å². The maximum atomic E-state index is 5.66. The summed E-state index contributed by atoms with van der Waals surface area (Å²) >= 11 is 0. The number of piperidine rings is 1. The van der Waals surface area contributed by atoms with Gasteiger partial charge in [0.05, 0.1) is 32.9 Å². The number of nitrogens with zero attached hydrogens (tertiary/aromatic N) is 2. The number of para-hydroxylation sites is 1. The van der Waals surface area contributed by atoms with Crippen molar-refractivity contribution in [2.75, 3.05) is 66.8 Å². The van der Waals surface area contributed by atoms with Crippen LogP contribution in [0.3, 0.4) is 0 Å². The summed E-state index contributed by atoms with van der Waals surface area (Å²) in [7, 11) is 3.43. The van der Waals surface area contributed by atoms with Gasteiger partial charge in [-0.3, -0.25) is 9.89 Å². The molecule has 1 heterocycles. The molecule has 0 aromatic heterocycles. The molecule has 1 aliphatic heterocycles. The van der Waals surface area contributed by atoms with Gasteiger partial charge in [-0.25, -0.2) is 0 Å². The van der Waals surface area contributed by atoms with Gasteiger partial charge >= 0.3 is 0 Å².